The third-order valence-electron chi connectivity index (χ3n) is 7.35. The molecule has 1 aromatic carbocycles. The fraction of sp³-hybridized carbons (Fsp3) is 0.357. The number of pyridine rings is 2. The van der Waals surface area contributed by atoms with E-state index in [4.69, 9.17) is 21.3 Å². The van der Waals surface area contributed by atoms with Crippen LogP contribution in [0.3, 0.4) is 0 Å². The second-order valence-corrected chi connectivity index (χ2v) is 10.5. The molecule has 3 aromatic heterocycles. The summed E-state index contributed by atoms with van der Waals surface area (Å²) in [6.07, 6.45) is 4.51. The second kappa shape index (κ2) is 9.31. The van der Waals surface area contributed by atoms with Crippen molar-refractivity contribution >= 4 is 28.5 Å². The highest BCUT2D eigenvalue weighted by molar-refractivity contribution is 6.36. The normalized spacial score (nSPS) is 16.9. The molecule has 0 radical (unpaired) electrons. The molecule has 7 nitrogen and oxygen atoms in total. The highest BCUT2D eigenvalue weighted by Gasteiger charge is 2.35. The van der Waals surface area contributed by atoms with Gasteiger partial charge in [0, 0.05) is 12.7 Å². The van der Waals surface area contributed by atoms with Crippen molar-refractivity contribution in [1.82, 2.24) is 19.5 Å². The Balaban J connectivity index is 1.80. The van der Waals surface area contributed by atoms with Crippen LogP contribution < -0.4 is 15.3 Å². The lowest BCUT2D eigenvalue weighted by atomic mass is 10.0. The number of aromatic nitrogens is 4. The molecular weight excluding hydrogens is 512 g/mol. The number of hydrogen-bond donors (Lipinski definition) is 0. The molecule has 0 amide bonds. The van der Waals surface area contributed by atoms with Gasteiger partial charge in [0.05, 0.1) is 23.0 Å². The largest absolute Gasteiger partial charge is 0.489 e. The van der Waals surface area contributed by atoms with Crippen molar-refractivity contribution in [2.24, 2.45) is 0 Å². The van der Waals surface area contributed by atoms with E-state index in [-0.39, 0.29) is 39.6 Å². The smallest absolute Gasteiger partial charge is 0.355 e. The van der Waals surface area contributed by atoms with Gasteiger partial charge in [-0.05, 0) is 55.9 Å². The zero-order valence-electron chi connectivity index (χ0n) is 21.3. The molecule has 4 aromatic rings. The summed E-state index contributed by atoms with van der Waals surface area (Å²) < 4.78 is 37.7. The molecule has 0 N–H and O–H groups in total. The number of ether oxygens (including phenoxy) is 1. The summed E-state index contributed by atoms with van der Waals surface area (Å²) in [5.41, 5.74) is 1.08. The Labute approximate surface area is 223 Å². The molecule has 0 saturated carbocycles. The summed E-state index contributed by atoms with van der Waals surface area (Å²) in [4.78, 5) is 29.7. The Morgan fingerprint density at radius 1 is 1.13 bits per heavy atom. The predicted molar refractivity (Wildman–Crippen MR) is 143 cm³/mol. The van der Waals surface area contributed by atoms with Crippen molar-refractivity contribution in [2.45, 2.75) is 52.0 Å². The Bertz CT molecular complexity index is 1640. The molecule has 196 valence electrons. The molecule has 2 aliphatic heterocycles. The van der Waals surface area contributed by atoms with E-state index in [1.54, 1.807) is 12.3 Å². The van der Waals surface area contributed by atoms with Crippen LogP contribution in [-0.2, 0) is 0 Å². The first kappa shape index (κ1) is 24.7. The fourth-order valence-corrected chi connectivity index (χ4v) is 5.82. The molecule has 1 atom stereocenters. The molecule has 10 heteroatoms. The molecule has 5 heterocycles. The summed E-state index contributed by atoms with van der Waals surface area (Å²) in [5.74, 6) is -1.02. The molecule has 0 unspecified atom stereocenters. The number of rotatable bonds is 3. The van der Waals surface area contributed by atoms with Crippen LogP contribution in [0.25, 0.3) is 28.0 Å². The van der Waals surface area contributed by atoms with Crippen LogP contribution >= 0.6 is 11.6 Å². The lowest BCUT2D eigenvalue weighted by Gasteiger charge is -2.34. The number of piperidine rings is 1. The third kappa shape index (κ3) is 3.74. The average Bonchev–Trinajstić information content (AvgIpc) is 3.05. The predicted octanol–water partition coefficient (Wildman–Crippen LogP) is 5.96. The van der Waals surface area contributed by atoms with E-state index >= 15 is 8.78 Å². The van der Waals surface area contributed by atoms with Crippen molar-refractivity contribution in [2.75, 3.05) is 18.1 Å². The molecule has 6 rings (SSSR count). The molecule has 0 aliphatic carbocycles. The van der Waals surface area contributed by atoms with Gasteiger partial charge >= 0.3 is 5.69 Å². The minimum Gasteiger partial charge on any atom is -0.489 e. The number of halogens is 3. The number of anilines is 1. The maximum Gasteiger partial charge on any atom is 0.355 e. The Morgan fingerprint density at radius 3 is 2.63 bits per heavy atom. The topological polar surface area (TPSA) is 73.1 Å². The summed E-state index contributed by atoms with van der Waals surface area (Å²) >= 11 is 6.83. The van der Waals surface area contributed by atoms with Gasteiger partial charge in [-0.1, -0.05) is 31.5 Å². The van der Waals surface area contributed by atoms with Crippen LogP contribution in [0.15, 0.2) is 35.3 Å². The minimum absolute atomic E-state index is 0.0156. The van der Waals surface area contributed by atoms with Crippen LogP contribution in [0.4, 0.5) is 14.6 Å². The average molecular weight is 538 g/mol. The van der Waals surface area contributed by atoms with E-state index in [1.807, 2.05) is 20.8 Å². The van der Waals surface area contributed by atoms with Gasteiger partial charge in [0.2, 0.25) is 0 Å². The van der Waals surface area contributed by atoms with E-state index in [0.29, 0.717) is 35.7 Å². The van der Waals surface area contributed by atoms with Crippen LogP contribution in [0.2, 0.25) is 5.02 Å². The van der Waals surface area contributed by atoms with Gasteiger partial charge in [0.1, 0.15) is 40.2 Å². The first-order chi connectivity index (χ1) is 18.3. The van der Waals surface area contributed by atoms with Crippen molar-refractivity contribution in [1.29, 1.82) is 0 Å². The fourth-order valence-electron chi connectivity index (χ4n) is 5.53. The Kier molecular flexibility index (Phi) is 6.06. The molecule has 0 bridgehead atoms. The van der Waals surface area contributed by atoms with E-state index < -0.39 is 17.3 Å². The second-order valence-electron chi connectivity index (χ2n) is 10.1. The minimum atomic E-state index is -0.819. The van der Waals surface area contributed by atoms with E-state index in [9.17, 15) is 4.79 Å². The lowest BCUT2D eigenvalue weighted by Crippen LogP contribution is -2.43. The molecule has 2 aliphatic rings. The first-order valence-corrected chi connectivity index (χ1v) is 13.1. The zero-order valence-corrected chi connectivity index (χ0v) is 22.0. The quantitative estimate of drug-likeness (QED) is 0.321. The van der Waals surface area contributed by atoms with Crippen molar-refractivity contribution < 1.29 is 13.5 Å². The molecule has 1 fully saturated rings. The SMILES string of the molecule is Cc1ccnc(C(C)C)c1-n1c(=O)nc2c3c(c(Cl)c(-c4c(F)cccc4F)nc31)OC[C@H]1CCCCN21. The Morgan fingerprint density at radius 2 is 1.89 bits per heavy atom. The lowest BCUT2D eigenvalue weighted by molar-refractivity contribution is 0.267. The van der Waals surface area contributed by atoms with E-state index in [2.05, 4.69) is 14.9 Å². The molecule has 0 spiro atoms. The number of fused-ring (bicyclic) bond motifs is 2. The van der Waals surface area contributed by atoms with Gasteiger partial charge in [-0.25, -0.2) is 23.1 Å². The third-order valence-corrected chi connectivity index (χ3v) is 7.70. The monoisotopic (exact) mass is 537 g/mol. The van der Waals surface area contributed by atoms with Gasteiger partial charge in [0.15, 0.2) is 11.4 Å². The van der Waals surface area contributed by atoms with Gasteiger partial charge in [-0.3, -0.25) is 4.98 Å². The van der Waals surface area contributed by atoms with Gasteiger partial charge in [0.25, 0.3) is 0 Å². The van der Waals surface area contributed by atoms with Crippen molar-refractivity contribution in [3.05, 3.63) is 68.9 Å². The van der Waals surface area contributed by atoms with Crippen LogP contribution in [0, 0.1) is 18.6 Å². The zero-order chi connectivity index (χ0) is 26.7. The van der Waals surface area contributed by atoms with E-state index in [0.717, 1.165) is 37.0 Å². The first-order valence-electron chi connectivity index (χ1n) is 12.7. The number of nitrogens with zero attached hydrogens (tertiary/aromatic N) is 5. The number of hydrogen-bond acceptors (Lipinski definition) is 6. The number of aryl methyl sites for hydroxylation is 1. The maximum atomic E-state index is 15.0. The van der Waals surface area contributed by atoms with Crippen LogP contribution in [-0.4, -0.2) is 38.7 Å². The standard InChI is InChI=1S/C28H26ClF2N5O2/c1-14(2)22-24(15(3)10-11-32-22)36-27-20-25(21(29)23(33-27)19-17(30)8-6-9-18(19)31)38-13-16-7-4-5-12-35(16)26(20)34-28(36)37/h6,8-11,14,16H,4-5,7,12-13H2,1-3H3/t16-/m1/s1. The summed E-state index contributed by atoms with van der Waals surface area (Å²) in [6, 6.07) is 5.35. The Hall–Kier alpha value is -3.59. The summed E-state index contributed by atoms with van der Waals surface area (Å²) in [7, 11) is 0. The van der Waals surface area contributed by atoms with Crippen LogP contribution in [0.5, 0.6) is 5.75 Å². The number of benzene rings is 1. The molecular formula is C28H26ClF2N5O2. The summed E-state index contributed by atoms with van der Waals surface area (Å²) in [6.45, 7) is 6.82. The van der Waals surface area contributed by atoms with Gasteiger partial charge in [-0.15, -0.1) is 0 Å². The molecule has 38 heavy (non-hydrogen) atoms. The van der Waals surface area contributed by atoms with E-state index in [1.165, 1.54) is 10.6 Å². The highest BCUT2D eigenvalue weighted by Crippen LogP contribution is 2.46. The van der Waals surface area contributed by atoms with Crippen LogP contribution in [0.1, 0.15) is 50.3 Å². The maximum absolute atomic E-state index is 15.0. The highest BCUT2D eigenvalue weighted by atomic mass is 35.5. The summed E-state index contributed by atoms with van der Waals surface area (Å²) in [5, 5.41) is 0.416. The van der Waals surface area contributed by atoms with Crippen molar-refractivity contribution in [3.8, 4) is 22.7 Å². The van der Waals surface area contributed by atoms with Crippen molar-refractivity contribution in [3.63, 3.8) is 0 Å². The molecule has 1 saturated heterocycles. The van der Waals surface area contributed by atoms with Gasteiger partial charge in [-0.2, -0.15) is 4.98 Å². The van der Waals surface area contributed by atoms with Gasteiger partial charge < -0.3 is 9.64 Å².